The summed E-state index contributed by atoms with van der Waals surface area (Å²) in [5.41, 5.74) is 6.64. The number of carbonyl (C=O) groups excluding carboxylic acids is 3. The summed E-state index contributed by atoms with van der Waals surface area (Å²) in [6, 6.07) is 2.20. The van der Waals surface area contributed by atoms with Gasteiger partial charge >= 0.3 is 5.97 Å². The molecule has 33 heavy (non-hydrogen) atoms. The largest absolute Gasteiger partial charge is 0.508 e. The van der Waals surface area contributed by atoms with Gasteiger partial charge < -0.3 is 31.9 Å². The van der Waals surface area contributed by atoms with Crippen LogP contribution in [0.1, 0.15) is 46.6 Å². The molecule has 0 spiro atoms. The first kappa shape index (κ1) is 27.9. The van der Waals surface area contributed by atoms with Gasteiger partial charge in [-0.2, -0.15) is 0 Å². The zero-order valence-electron chi connectivity index (χ0n) is 19.8. The summed E-state index contributed by atoms with van der Waals surface area (Å²) in [7, 11) is 0. The molecule has 0 heterocycles. The van der Waals surface area contributed by atoms with Gasteiger partial charge in [-0.25, -0.2) is 0 Å². The molecule has 3 amide bonds. The zero-order chi connectivity index (χ0) is 25.3. The van der Waals surface area contributed by atoms with E-state index < -0.39 is 47.9 Å². The van der Waals surface area contributed by atoms with Crippen LogP contribution in [0.4, 0.5) is 0 Å². The molecule has 7 N–H and O–H groups in total. The molecule has 1 aromatic carbocycles. The Hall–Kier alpha value is -3.14. The second kappa shape index (κ2) is 12.8. The summed E-state index contributed by atoms with van der Waals surface area (Å²) >= 11 is 0. The fourth-order valence-electron chi connectivity index (χ4n) is 3.12. The average Bonchev–Trinajstić information content (AvgIpc) is 2.71. The molecule has 0 aromatic heterocycles. The molecule has 184 valence electrons. The van der Waals surface area contributed by atoms with Crippen LogP contribution in [0.15, 0.2) is 24.3 Å². The smallest absolute Gasteiger partial charge is 0.325 e. The Balaban J connectivity index is 3.06. The maximum Gasteiger partial charge on any atom is 0.325 e. The molecular formula is C23H36N4O6. The second-order valence-corrected chi connectivity index (χ2v) is 8.97. The SMILES string of the molecule is CC(C)CC(N)C(=O)NC(Cc1ccc(O)cc1)C(=O)NC(C(=O)NC(C)C(=O)O)C(C)C. The van der Waals surface area contributed by atoms with Crippen molar-refractivity contribution in [3.63, 3.8) is 0 Å². The lowest BCUT2D eigenvalue weighted by Gasteiger charge is -2.27. The first-order valence-electron chi connectivity index (χ1n) is 11.0. The van der Waals surface area contributed by atoms with Crippen molar-refractivity contribution in [1.29, 1.82) is 0 Å². The topological polar surface area (TPSA) is 171 Å². The molecule has 0 radical (unpaired) electrons. The molecule has 0 aliphatic heterocycles. The van der Waals surface area contributed by atoms with Crippen LogP contribution in [0.5, 0.6) is 5.75 Å². The van der Waals surface area contributed by atoms with Gasteiger partial charge in [-0.05, 0) is 42.9 Å². The molecule has 0 aliphatic rings. The molecule has 0 saturated carbocycles. The van der Waals surface area contributed by atoms with Crippen molar-refractivity contribution in [2.45, 2.75) is 71.6 Å². The number of hydrogen-bond donors (Lipinski definition) is 6. The molecule has 4 unspecified atom stereocenters. The summed E-state index contributed by atoms with van der Waals surface area (Å²) in [5, 5.41) is 26.2. The quantitative estimate of drug-likeness (QED) is 0.262. The van der Waals surface area contributed by atoms with Gasteiger partial charge in [0.05, 0.1) is 6.04 Å². The summed E-state index contributed by atoms with van der Waals surface area (Å²) < 4.78 is 0. The Bertz CT molecular complexity index is 825. The van der Waals surface area contributed by atoms with Crippen LogP contribution in [-0.2, 0) is 25.6 Å². The monoisotopic (exact) mass is 464 g/mol. The highest BCUT2D eigenvalue weighted by atomic mass is 16.4. The van der Waals surface area contributed by atoms with E-state index in [1.807, 2.05) is 13.8 Å². The fraction of sp³-hybridized carbons (Fsp3) is 0.565. The minimum Gasteiger partial charge on any atom is -0.508 e. The predicted molar refractivity (Wildman–Crippen MR) is 123 cm³/mol. The van der Waals surface area contributed by atoms with Crippen molar-refractivity contribution < 1.29 is 29.4 Å². The number of rotatable bonds is 12. The number of carbonyl (C=O) groups is 4. The van der Waals surface area contributed by atoms with Crippen LogP contribution in [0.25, 0.3) is 0 Å². The van der Waals surface area contributed by atoms with Crippen LogP contribution in [0, 0.1) is 11.8 Å². The van der Waals surface area contributed by atoms with Gasteiger partial charge in [-0.1, -0.05) is 39.8 Å². The Morgan fingerprint density at radius 1 is 0.879 bits per heavy atom. The van der Waals surface area contributed by atoms with E-state index in [2.05, 4.69) is 16.0 Å². The fourth-order valence-corrected chi connectivity index (χ4v) is 3.12. The lowest BCUT2D eigenvalue weighted by molar-refractivity contribution is -0.142. The standard InChI is InChI=1S/C23H36N4O6/c1-12(2)10-17(24)20(29)26-18(11-15-6-8-16(28)9-7-15)21(30)27-19(13(3)4)22(31)25-14(5)23(32)33/h6-9,12-14,17-19,28H,10-11,24H2,1-5H3,(H,25,31)(H,26,29)(H,27,30)(H,32,33). The number of nitrogens with one attached hydrogen (secondary N) is 3. The first-order chi connectivity index (χ1) is 15.3. The Labute approximate surface area is 194 Å². The summed E-state index contributed by atoms with van der Waals surface area (Å²) in [6.07, 6.45) is 0.535. The van der Waals surface area contributed by atoms with Crippen molar-refractivity contribution in [3.05, 3.63) is 29.8 Å². The third-order valence-corrected chi connectivity index (χ3v) is 5.05. The van der Waals surface area contributed by atoms with Gasteiger partial charge in [-0.15, -0.1) is 0 Å². The van der Waals surface area contributed by atoms with Crippen LogP contribution in [0.2, 0.25) is 0 Å². The van der Waals surface area contributed by atoms with Crippen molar-refractivity contribution in [3.8, 4) is 5.75 Å². The Morgan fingerprint density at radius 2 is 1.45 bits per heavy atom. The number of carboxylic acid groups (broad SMARTS) is 1. The minimum atomic E-state index is -1.20. The lowest BCUT2D eigenvalue weighted by Crippen LogP contribution is -2.58. The van der Waals surface area contributed by atoms with E-state index >= 15 is 0 Å². The number of amides is 3. The number of aromatic hydroxyl groups is 1. The van der Waals surface area contributed by atoms with Gasteiger partial charge in [0.2, 0.25) is 17.7 Å². The van der Waals surface area contributed by atoms with Crippen LogP contribution < -0.4 is 21.7 Å². The maximum absolute atomic E-state index is 13.1. The Morgan fingerprint density at radius 3 is 1.94 bits per heavy atom. The molecule has 0 aliphatic carbocycles. The van der Waals surface area contributed by atoms with E-state index in [9.17, 15) is 24.3 Å². The summed E-state index contributed by atoms with van der Waals surface area (Å²) in [5.74, 6) is -3.04. The van der Waals surface area contributed by atoms with Crippen molar-refractivity contribution in [1.82, 2.24) is 16.0 Å². The van der Waals surface area contributed by atoms with E-state index in [0.29, 0.717) is 12.0 Å². The predicted octanol–water partition coefficient (Wildman–Crippen LogP) is 0.523. The molecule has 1 rings (SSSR count). The molecule has 1 aromatic rings. The maximum atomic E-state index is 13.1. The third-order valence-electron chi connectivity index (χ3n) is 5.05. The van der Waals surface area contributed by atoms with E-state index in [1.54, 1.807) is 26.0 Å². The van der Waals surface area contributed by atoms with E-state index in [4.69, 9.17) is 10.8 Å². The normalized spacial score (nSPS) is 14.8. The third kappa shape index (κ3) is 9.48. The average molecular weight is 465 g/mol. The molecular weight excluding hydrogens is 428 g/mol. The van der Waals surface area contributed by atoms with Gasteiger partial charge in [0.15, 0.2) is 0 Å². The molecule has 10 nitrogen and oxygen atoms in total. The van der Waals surface area contributed by atoms with Gasteiger partial charge in [-0.3, -0.25) is 19.2 Å². The highest BCUT2D eigenvalue weighted by molar-refractivity contribution is 5.94. The highest BCUT2D eigenvalue weighted by Crippen LogP contribution is 2.13. The van der Waals surface area contributed by atoms with Gasteiger partial charge in [0.1, 0.15) is 23.9 Å². The number of benzene rings is 1. The van der Waals surface area contributed by atoms with Crippen LogP contribution >= 0.6 is 0 Å². The van der Waals surface area contributed by atoms with Crippen molar-refractivity contribution >= 4 is 23.7 Å². The van der Waals surface area contributed by atoms with Crippen LogP contribution in [0.3, 0.4) is 0 Å². The molecule has 0 fully saturated rings. The Kier molecular flexibility index (Phi) is 10.8. The summed E-state index contributed by atoms with van der Waals surface area (Å²) in [6.45, 7) is 8.60. The lowest BCUT2D eigenvalue weighted by atomic mass is 9.99. The van der Waals surface area contributed by atoms with Gasteiger partial charge in [0, 0.05) is 6.42 Å². The number of phenols is 1. The molecule has 0 saturated heterocycles. The number of hydrogen-bond acceptors (Lipinski definition) is 6. The first-order valence-corrected chi connectivity index (χ1v) is 11.0. The van der Waals surface area contributed by atoms with Gasteiger partial charge in [0.25, 0.3) is 0 Å². The number of nitrogens with two attached hydrogens (primary N) is 1. The number of phenolic OH excluding ortho intramolecular Hbond substituents is 1. The minimum absolute atomic E-state index is 0.0619. The van der Waals surface area contributed by atoms with Crippen LogP contribution in [-0.4, -0.2) is 58.1 Å². The van der Waals surface area contributed by atoms with E-state index in [-0.39, 0.29) is 24.0 Å². The second-order valence-electron chi connectivity index (χ2n) is 8.97. The molecule has 10 heteroatoms. The highest BCUT2D eigenvalue weighted by Gasteiger charge is 2.31. The molecule has 0 bridgehead atoms. The van der Waals surface area contributed by atoms with E-state index in [0.717, 1.165) is 0 Å². The number of carboxylic acids is 1. The molecule has 4 atom stereocenters. The van der Waals surface area contributed by atoms with E-state index in [1.165, 1.54) is 19.1 Å². The number of aliphatic carboxylic acids is 1. The van der Waals surface area contributed by atoms with Crippen molar-refractivity contribution in [2.75, 3.05) is 0 Å². The zero-order valence-corrected chi connectivity index (χ0v) is 19.8. The van der Waals surface area contributed by atoms with Crippen molar-refractivity contribution in [2.24, 2.45) is 17.6 Å². The summed E-state index contributed by atoms with van der Waals surface area (Å²) in [4.78, 5) is 49.4.